The Labute approximate surface area is 189 Å². The van der Waals surface area contributed by atoms with E-state index < -0.39 is 0 Å². The van der Waals surface area contributed by atoms with Gasteiger partial charge in [0.2, 0.25) is 11.8 Å². The lowest BCUT2D eigenvalue weighted by Gasteiger charge is -2.34. The number of amides is 2. The number of hydrogen-bond donors (Lipinski definition) is 2. The average Bonchev–Trinajstić information content (AvgIpc) is 2.88. The molecule has 2 aliphatic rings. The van der Waals surface area contributed by atoms with Gasteiger partial charge in [0.05, 0.1) is 12.1 Å². The molecular formula is C25H30ClN3O2. The van der Waals surface area contributed by atoms with Gasteiger partial charge in [-0.3, -0.25) is 14.5 Å². The standard InChI is InChI=1S/C25H30ClN3O2/c1-25-15-20(14-18-8-3-2-4-9-18)29(22(25)12-7-13-23(30)28-25)17-24(31)27-16-19-10-5-6-11-21(19)26/h2-6,8-11,20,22H,7,12-17H2,1H3,(H,27,31)(H,28,30)/t20-,22+,25+/m1/s1. The van der Waals surface area contributed by atoms with Gasteiger partial charge in [-0.25, -0.2) is 0 Å². The van der Waals surface area contributed by atoms with Crippen LogP contribution in [0.3, 0.4) is 0 Å². The van der Waals surface area contributed by atoms with Gasteiger partial charge in [-0.1, -0.05) is 60.1 Å². The minimum Gasteiger partial charge on any atom is -0.351 e. The molecule has 2 aromatic carbocycles. The second-order valence-corrected chi connectivity index (χ2v) is 9.37. The van der Waals surface area contributed by atoms with E-state index in [1.807, 2.05) is 42.5 Å². The number of hydrogen-bond acceptors (Lipinski definition) is 3. The van der Waals surface area contributed by atoms with Crippen molar-refractivity contribution in [3.63, 3.8) is 0 Å². The lowest BCUT2D eigenvalue weighted by molar-refractivity contribution is -0.123. The molecule has 2 amide bonds. The van der Waals surface area contributed by atoms with Crippen molar-refractivity contribution in [1.82, 2.24) is 15.5 Å². The van der Waals surface area contributed by atoms with Crippen LogP contribution in [-0.4, -0.2) is 40.9 Å². The zero-order chi connectivity index (χ0) is 21.8. The van der Waals surface area contributed by atoms with Crippen LogP contribution in [0.25, 0.3) is 0 Å². The van der Waals surface area contributed by atoms with Crippen LogP contribution in [0.1, 0.15) is 43.7 Å². The molecule has 2 N–H and O–H groups in total. The molecule has 0 unspecified atom stereocenters. The van der Waals surface area contributed by atoms with Gasteiger partial charge < -0.3 is 10.6 Å². The molecular weight excluding hydrogens is 410 g/mol. The van der Waals surface area contributed by atoms with Crippen LogP contribution in [0.5, 0.6) is 0 Å². The van der Waals surface area contributed by atoms with E-state index in [0.29, 0.717) is 24.5 Å². The van der Waals surface area contributed by atoms with E-state index >= 15 is 0 Å². The predicted molar refractivity (Wildman–Crippen MR) is 123 cm³/mol. The number of fused-ring (bicyclic) bond motifs is 1. The van der Waals surface area contributed by atoms with Crippen LogP contribution < -0.4 is 10.6 Å². The van der Waals surface area contributed by atoms with Gasteiger partial charge in [-0.2, -0.15) is 0 Å². The quantitative estimate of drug-likeness (QED) is 0.721. The van der Waals surface area contributed by atoms with Crippen molar-refractivity contribution in [2.75, 3.05) is 6.54 Å². The molecule has 3 atom stereocenters. The molecule has 0 spiro atoms. The summed E-state index contributed by atoms with van der Waals surface area (Å²) in [5.41, 5.74) is 1.85. The normalized spacial score (nSPS) is 26.1. The molecule has 5 nitrogen and oxygen atoms in total. The lowest BCUT2D eigenvalue weighted by Crippen LogP contribution is -2.54. The number of nitrogens with one attached hydrogen (secondary N) is 2. The van der Waals surface area contributed by atoms with Crippen molar-refractivity contribution in [2.45, 2.75) is 63.2 Å². The smallest absolute Gasteiger partial charge is 0.234 e. The second kappa shape index (κ2) is 9.41. The Balaban J connectivity index is 1.50. The zero-order valence-electron chi connectivity index (χ0n) is 17.9. The first kappa shape index (κ1) is 21.8. The minimum atomic E-state index is -0.309. The lowest BCUT2D eigenvalue weighted by atomic mass is 9.89. The van der Waals surface area contributed by atoms with Gasteiger partial charge in [0, 0.05) is 30.1 Å². The van der Waals surface area contributed by atoms with E-state index in [2.05, 4.69) is 34.6 Å². The van der Waals surface area contributed by atoms with Crippen LogP contribution in [0.15, 0.2) is 54.6 Å². The van der Waals surface area contributed by atoms with E-state index in [1.165, 1.54) is 5.56 Å². The molecule has 0 bridgehead atoms. The van der Waals surface area contributed by atoms with Gasteiger partial charge in [0.25, 0.3) is 0 Å². The summed E-state index contributed by atoms with van der Waals surface area (Å²) in [6.07, 6.45) is 4.03. The number of benzene rings is 2. The zero-order valence-corrected chi connectivity index (χ0v) is 18.7. The van der Waals surface area contributed by atoms with Gasteiger partial charge in [-0.15, -0.1) is 0 Å². The molecule has 2 aliphatic heterocycles. The maximum Gasteiger partial charge on any atom is 0.234 e. The third kappa shape index (κ3) is 5.10. The Bertz CT molecular complexity index is 935. The third-order valence-corrected chi connectivity index (χ3v) is 7.01. The Morgan fingerprint density at radius 1 is 1.19 bits per heavy atom. The van der Waals surface area contributed by atoms with E-state index in [4.69, 9.17) is 11.6 Å². The van der Waals surface area contributed by atoms with Crippen LogP contribution in [0.4, 0.5) is 0 Å². The predicted octanol–water partition coefficient (Wildman–Crippen LogP) is 3.70. The molecule has 2 saturated heterocycles. The number of carbonyl (C=O) groups is 2. The van der Waals surface area contributed by atoms with Gasteiger partial charge >= 0.3 is 0 Å². The molecule has 2 aromatic rings. The summed E-state index contributed by atoms with van der Waals surface area (Å²) in [6, 6.07) is 18.3. The average molecular weight is 440 g/mol. The van der Waals surface area contributed by atoms with E-state index in [1.54, 1.807) is 0 Å². The molecule has 31 heavy (non-hydrogen) atoms. The van der Waals surface area contributed by atoms with Crippen LogP contribution in [0.2, 0.25) is 5.02 Å². The fraction of sp³-hybridized carbons (Fsp3) is 0.440. The first-order valence-electron chi connectivity index (χ1n) is 11.1. The molecule has 2 fully saturated rings. The summed E-state index contributed by atoms with van der Waals surface area (Å²) in [7, 11) is 0. The molecule has 0 radical (unpaired) electrons. The largest absolute Gasteiger partial charge is 0.351 e. The van der Waals surface area contributed by atoms with Crippen molar-refractivity contribution in [3.05, 3.63) is 70.7 Å². The first-order valence-corrected chi connectivity index (χ1v) is 11.4. The van der Waals surface area contributed by atoms with Crippen molar-refractivity contribution in [2.24, 2.45) is 0 Å². The molecule has 2 heterocycles. The van der Waals surface area contributed by atoms with E-state index in [-0.39, 0.29) is 29.4 Å². The van der Waals surface area contributed by atoms with Gasteiger partial charge in [-0.05, 0) is 49.8 Å². The van der Waals surface area contributed by atoms with Gasteiger partial charge in [0.15, 0.2) is 0 Å². The van der Waals surface area contributed by atoms with Crippen LogP contribution in [-0.2, 0) is 22.6 Å². The summed E-state index contributed by atoms with van der Waals surface area (Å²) < 4.78 is 0. The summed E-state index contributed by atoms with van der Waals surface area (Å²) in [4.78, 5) is 27.5. The summed E-state index contributed by atoms with van der Waals surface area (Å²) in [6.45, 7) is 2.87. The highest BCUT2D eigenvalue weighted by molar-refractivity contribution is 6.31. The molecule has 164 valence electrons. The van der Waals surface area contributed by atoms with Crippen LogP contribution in [0, 0.1) is 0 Å². The molecule has 6 heteroatoms. The maximum absolute atomic E-state index is 12.9. The summed E-state index contributed by atoms with van der Waals surface area (Å²) >= 11 is 6.23. The molecule has 0 aliphatic carbocycles. The number of halogens is 1. The number of nitrogens with zero attached hydrogens (tertiary/aromatic N) is 1. The Morgan fingerprint density at radius 3 is 2.71 bits per heavy atom. The molecule has 0 saturated carbocycles. The highest BCUT2D eigenvalue weighted by Crippen LogP contribution is 2.39. The number of likely N-dealkylation sites (tertiary alicyclic amines) is 1. The Kier molecular flexibility index (Phi) is 6.63. The molecule has 0 aromatic heterocycles. The maximum atomic E-state index is 12.9. The Hall–Kier alpha value is -2.37. The summed E-state index contributed by atoms with van der Waals surface area (Å²) in [5.74, 6) is 0.103. The van der Waals surface area contributed by atoms with Gasteiger partial charge in [0.1, 0.15) is 0 Å². The fourth-order valence-electron chi connectivity index (χ4n) is 5.19. The van der Waals surface area contributed by atoms with Crippen molar-refractivity contribution >= 4 is 23.4 Å². The minimum absolute atomic E-state index is 0.0159. The topological polar surface area (TPSA) is 61.4 Å². The van der Waals surface area contributed by atoms with Crippen LogP contribution >= 0.6 is 11.6 Å². The SMILES string of the molecule is C[C@]12C[C@@H](Cc3ccccc3)N(CC(=O)NCc3ccccc3Cl)[C@H]1CCCC(=O)N2. The van der Waals surface area contributed by atoms with Crippen molar-refractivity contribution in [1.29, 1.82) is 0 Å². The summed E-state index contributed by atoms with van der Waals surface area (Å²) in [5, 5.41) is 6.96. The first-order chi connectivity index (χ1) is 14.9. The highest BCUT2D eigenvalue weighted by Gasteiger charge is 2.50. The Morgan fingerprint density at radius 2 is 1.94 bits per heavy atom. The highest BCUT2D eigenvalue weighted by atomic mass is 35.5. The number of rotatable bonds is 6. The number of carbonyl (C=O) groups excluding carboxylic acids is 2. The van der Waals surface area contributed by atoms with E-state index in [0.717, 1.165) is 31.2 Å². The second-order valence-electron chi connectivity index (χ2n) is 8.96. The van der Waals surface area contributed by atoms with E-state index in [9.17, 15) is 9.59 Å². The fourth-order valence-corrected chi connectivity index (χ4v) is 5.39. The molecule has 4 rings (SSSR count). The van der Waals surface area contributed by atoms with Crippen molar-refractivity contribution < 1.29 is 9.59 Å². The third-order valence-electron chi connectivity index (χ3n) is 6.65. The van der Waals surface area contributed by atoms with Crippen molar-refractivity contribution in [3.8, 4) is 0 Å². The monoisotopic (exact) mass is 439 g/mol.